The Balaban J connectivity index is 1.89. The fraction of sp³-hybridized carbons (Fsp3) is 0.417. The van der Waals surface area contributed by atoms with Crippen molar-refractivity contribution in [1.82, 2.24) is 10.6 Å². The zero-order valence-electron chi connectivity index (χ0n) is 9.16. The molecule has 4 heteroatoms. The molecule has 1 saturated carbocycles. The molecule has 3 nitrogen and oxygen atoms in total. The van der Waals surface area contributed by atoms with Crippen molar-refractivity contribution in [2.75, 3.05) is 13.6 Å². The van der Waals surface area contributed by atoms with Gasteiger partial charge >= 0.3 is 0 Å². The van der Waals surface area contributed by atoms with Gasteiger partial charge < -0.3 is 10.6 Å². The number of rotatable bonds is 4. The van der Waals surface area contributed by atoms with Crippen LogP contribution in [0.25, 0.3) is 0 Å². The normalized spacial score (nSPS) is 22.9. The van der Waals surface area contributed by atoms with Crippen molar-refractivity contribution >= 4 is 5.91 Å². The van der Waals surface area contributed by atoms with Crippen LogP contribution >= 0.6 is 0 Å². The second-order valence-corrected chi connectivity index (χ2v) is 4.10. The fourth-order valence-corrected chi connectivity index (χ4v) is 1.88. The molecule has 0 aromatic heterocycles. The number of amides is 1. The van der Waals surface area contributed by atoms with Gasteiger partial charge in [-0.3, -0.25) is 4.79 Å². The van der Waals surface area contributed by atoms with E-state index in [0.29, 0.717) is 6.54 Å². The Morgan fingerprint density at radius 1 is 1.56 bits per heavy atom. The minimum atomic E-state index is -0.218. The summed E-state index contributed by atoms with van der Waals surface area (Å²) in [5.74, 6) is 0.0487. The van der Waals surface area contributed by atoms with E-state index in [0.717, 1.165) is 12.0 Å². The number of hydrogen-bond acceptors (Lipinski definition) is 2. The lowest BCUT2D eigenvalue weighted by atomic mass is 10.1. The number of hydrogen-bond donors (Lipinski definition) is 2. The highest BCUT2D eigenvalue weighted by Gasteiger charge is 2.39. The van der Waals surface area contributed by atoms with Gasteiger partial charge in [0.15, 0.2) is 0 Å². The Morgan fingerprint density at radius 2 is 2.38 bits per heavy atom. The van der Waals surface area contributed by atoms with Crippen LogP contribution in [0.1, 0.15) is 17.9 Å². The molecule has 0 saturated heterocycles. The van der Waals surface area contributed by atoms with Gasteiger partial charge in [-0.1, -0.05) is 12.1 Å². The first kappa shape index (κ1) is 11.1. The van der Waals surface area contributed by atoms with Gasteiger partial charge in [0.2, 0.25) is 5.91 Å². The summed E-state index contributed by atoms with van der Waals surface area (Å²) in [6, 6.07) is 6.74. The highest BCUT2D eigenvalue weighted by atomic mass is 19.1. The smallest absolute Gasteiger partial charge is 0.234 e. The largest absolute Gasteiger partial charge is 0.352 e. The van der Waals surface area contributed by atoms with Crippen molar-refractivity contribution in [3.8, 4) is 0 Å². The van der Waals surface area contributed by atoms with Crippen LogP contribution in [0.4, 0.5) is 4.39 Å². The number of benzene rings is 1. The van der Waals surface area contributed by atoms with Gasteiger partial charge in [-0.2, -0.15) is 0 Å². The summed E-state index contributed by atoms with van der Waals surface area (Å²) in [5, 5.41) is 5.69. The van der Waals surface area contributed by atoms with Crippen LogP contribution in [0.15, 0.2) is 24.3 Å². The predicted molar refractivity (Wildman–Crippen MR) is 59.6 cm³/mol. The molecule has 1 amide bonds. The summed E-state index contributed by atoms with van der Waals surface area (Å²) >= 11 is 0. The lowest BCUT2D eigenvalue weighted by Crippen LogP contribution is -2.34. The maximum atomic E-state index is 13.0. The van der Waals surface area contributed by atoms with Crippen molar-refractivity contribution in [1.29, 1.82) is 0 Å². The summed E-state index contributed by atoms with van der Waals surface area (Å²) in [7, 11) is 1.73. The van der Waals surface area contributed by atoms with Gasteiger partial charge in [-0.15, -0.1) is 0 Å². The van der Waals surface area contributed by atoms with Gasteiger partial charge in [-0.25, -0.2) is 4.39 Å². The van der Waals surface area contributed by atoms with E-state index < -0.39 is 0 Å². The van der Waals surface area contributed by atoms with Crippen LogP contribution in [-0.4, -0.2) is 25.5 Å². The number of halogens is 1. The van der Waals surface area contributed by atoms with E-state index in [9.17, 15) is 9.18 Å². The minimum absolute atomic E-state index is 0.00796. The highest BCUT2D eigenvalue weighted by Crippen LogP contribution is 2.40. The molecule has 0 radical (unpaired) electrons. The Labute approximate surface area is 94.0 Å². The number of nitrogens with one attached hydrogen (secondary N) is 2. The SMILES string of the molecule is CNCC(=O)NC1CC1c1cccc(F)c1. The third kappa shape index (κ3) is 2.58. The van der Waals surface area contributed by atoms with E-state index in [2.05, 4.69) is 10.6 Å². The summed E-state index contributed by atoms with van der Waals surface area (Å²) in [6.07, 6.45) is 0.902. The van der Waals surface area contributed by atoms with Crippen LogP contribution in [-0.2, 0) is 4.79 Å². The van der Waals surface area contributed by atoms with E-state index in [-0.39, 0.29) is 23.7 Å². The van der Waals surface area contributed by atoms with Crippen LogP contribution in [0, 0.1) is 5.82 Å². The monoisotopic (exact) mass is 222 g/mol. The van der Waals surface area contributed by atoms with E-state index in [1.54, 1.807) is 13.1 Å². The van der Waals surface area contributed by atoms with Gasteiger partial charge in [0.25, 0.3) is 0 Å². The van der Waals surface area contributed by atoms with Gasteiger partial charge in [0, 0.05) is 12.0 Å². The molecular weight excluding hydrogens is 207 g/mol. The van der Waals surface area contributed by atoms with Crippen molar-refractivity contribution < 1.29 is 9.18 Å². The summed E-state index contributed by atoms with van der Waals surface area (Å²) < 4.78 is 13.0. The molecule has 2 N–H and O–H groups in total. The van der Waals surface area contributed by atoms with E-state index in [1.165, 1.54) is 12.1 Å². The second kappa shape index (κ2) is 4.61. The van der Waals surface area contributed by atoms with Crippen LogP contribution in [0.3, 0.4) is 0 Å². The van der Waals surface area contributed by atoms with Crippen LogP contribution in [0.2, 0.25) is 0 Å². The zero-order chi connectivity index (χ0) is 11.5. The third-order valence-corrected chi connectivity index (χ3v) is 2.75. The van der Waals surface area contributed by atoms with E-state index in [1.807, 2.05) is 6.07 Å². The molecule has 1 fully saturated rings. The first-order valence-electron chi connectivity index (χ1n) is 5.40. The Morgan fingerprint density at radius 3 is 3.06 bits per heavy atom. The average molecular weight is 222 g/mol. The highest BCUT2D eigenvalue weighted by molar-refractivity contribution is 5.78. The molecule has 0 bridgehead atoms. The van der Waals surface area contributed by atoms with E-state index in [4.69, 9.17) is 0 Å². The molecule has 1 aliphatic rings. The second-order valence-electron chi connectivity index (χ2n) is 4.10. The lowest BCUT2D eigenvalue weighted by Gasteiger charge is -2.04. The van der Waals surface area contributed by atoms with Gasteiger partial charge in [0.1, 0.15) is 5.82 Å². The minimum Gasteiger partial charge on any atom is -0.352 e. The molecule has 2 unspecified atom stereocenters. The standard InChI is InChI=1S/C12H15FN2O/c1-14-7-12(16)15-11-6-10(11)8-3-2-4-9(13)5-8/h2-5,10-11,14H,6-7H2,1H3,(H,15,16). The molecule has 16 heavy (non-hydrogen) atoms. The lowest BCUT2D eigenvalue weighted by molar-refractivity contribution is -0.120. The molecule has 0 aliphatic heterocycles. The summed E-state index contributed by atoms with van der Waals surface area (Å²) in [4.78, 5) is 11.3. The molecule has 86 valence electrons. The summed E-state index contributed by atoms with van der Waals surface area (Å²) in [6.45, 7) is 0.326. The Hall–Kier alpha value is -1.42. The summed E-state index contributed by atoms with van der Waals surface area (Å²) in [5.41, 5.74) is 0.967. The average Bonchev–Trinajstić information content (AvgIpc) is 2.97. The molecular formula is C12H15FN2O. The maximum Gasteiger partial charge on any atom is 0.234 e. The van der Waals surface area contributed by atoms with Crippen molar-refractivity contribution in [3.05, 3.63) is 35.6 Å². The van der Waals surface area contributed by atoms with Crippen LogP contribution < -0.4 is 10.6 Å². The maximum absolute atomic E-state index is 13.0. The number of likely N-dealkylation sites (N-methyl/N-ethyl adjacent to an activating group) is 1. The van der Waals surface area contributed by atoms with Crippen molar-refractivity contribution in [3.63, 3.8) is 0 Å². The zero-order valence-corrected chi connectivity index (χ0v) is 9.16. The number of carbonyl (C=O) groups excluding carboxylic acids is 1. The molecule has 1 aromatic carbocycles. The Kier molecular flexibility index (Phi) is 3.19. The Bertz CT molecular complexity index is 394. The fourth-order valence-electron chi connectivity index (χ4n) is 1.88. The van der Waals surface area contributed by atoms with Crippen molar-refractivity contribution in [2.24, 2.45) is 0 Å². The quantitative estimate of drug-likeness (QED) is 0.798. The first-order valence-corrected chi connectivity index (χ1v) is 5.40. The van der Waals surface area contributed by atoms with E-state index >= 15 is 0 Å². The molecule has 0 heterocycles. The molecule has 2 rings (SSSR count). The molecule has 1 aliphatic carbocycles. The molecule has 0 spiro atoms. The first-order chi connectivity index (χ1) is 7.70. The molecule has 2 atom stereocenters. The number of carbonyl (C=O) groups is 1. The third-order valence-electron chi connectivity index (χ3n) is 2.75. The van der Waals surface area contributed by atoms with Gasteiger partial charge in [0.05, 0.1) is 6.54 Å². The topological polar surface area (TPSA) is 41.1 Å². The predicted octanol–water partition coefficient (Wildman–Crippen LogP) is 1.02. The van der Waals surface area contributed by atoms with Crippen molar-refractivity contribution in [2.45, 2.75) is 18.4 Å². The van der Waals surface area contributed by atoms with Gasteiger partial charge in [-0.05, 0) is 31.2 Å². The molecule has 1 aromatic rings. The van der Waals surface area contributed by atoms with Crippen LogP contribution in [0.5, 0.6) is 0 Å².